The Morgan fingerprint density at radius 2 is 1.53 bits per heavy atom. The Bertz CT molecular complexity index is 475. The molecule has 15 heavy (non-hydrogen) atoms. The van der Waals surface area contributed by atoms with Gasteiger partial charge in [-0.15, -0.1) is 0 Å². The lowest BCUT2D eigenvalue weighted by atomic mass is 10.0. The van der Waals surface area contributed by atoms with Crippen LogP contribution in [-0.4, -0.2) is 0 Å². The number of benzene rings is 2. The van der Waals surface area contributed by atoms with Crippen LogP contribution in [0.1, 0.15) is 5.56 Å². The largest absolute Gasteiger partial charge is 0.0840 e. The van der Waals surface area contributed by atoms with Crippen LogP contribution in [-0.2, 0) is 0 Å². The van der Waals surface area contributed by atoms with E-state index in [2.05, 4.69) is 0 Å². The van der Waals surface area contributed by atoms with Gasteiger partial charge < -0.3 is 0 Å². The third-order valence-electron chi connectivity index (χ3n) is 2.33. The molecule has 0 spiro atoms. The van der Waals surface area contributed by atoms with E-state index in [4.69, 9.17) is 23.2 Å². The van der Waals surface area contributed by atoms with Gasteiger partial charge in [-0.2, -0.15) is 0 Å². The van der Waals surface area contributed by atoms with E-state index in [1.54, 1.807) is 6.07 Å². The van der Waals surface area contributed by atoms with Crippen molar-refractivity contribution < 1.29 is 0 Å². The SMILES string of the molecule is Cc1cc(-c2ccccc2)c(Cl)cc1Cl. The molecular formula is C13H10Cl2. The van der Waals surface area contributed by atoms with Gasteiger partial charge in [0, 0.05) is 15.6 Å². The molecule has 0 unspecified atom stereocenters. The zero-order chi connectivity index (χ0) is 10.8. The summed E-state index contributed by atoms with van der Waals surface area (Å²) in [6.45, 7) is 1.98. The zero-order valence-electron chi connectivity index (χ0n) is 8.30. The van der Waals surface area contributed by atoms with E-state index >= 15 is 0 Å². The van der Waals surface area contributed by atoms with E-state index in [1.807, 2.05) is 43.3 Å². The maximum Gasteiger partial charge on any atom is 0.0499 e. The van der Waals surface area contributed by atoms with E-state index in [9.17, 15) is 0 Å². The molecule has 0 bridgehead atoms. The van der Waals surface area contributed by atoms with E-state index in [1.165, 1.54) is 0 Å². The van der Waals surface area contributed by atoms with Crippen LogP contribution in [0.3, 0.4) is 0 Å². The first-order chi connectivity index (χ1) is 7.18. The molecule has 0 aromatic heterocycles. The highest BCUT2D eigenvalue weighted by Gasteiger charge is 2.05. The molecule has 0 saturated carbocycles. The molecule has 2 aromatic rings. The van der Waals surface area contributed by atoms with Gasteiger partial charge in [0.25, 0.3) is 0 Å². The quantitative estimate of drug-likeness (QED) is 0.656. The summed E-state index contributed by atoms with van der Waals surface area (Å²) in [6.07, 6.45) is 0. The van der Waals surface area contributed by atoms with Crippen LogP contribution in [0.25, 0.3) is 11.1 Å². The first-order valence-corrected chi connectivity index (χ1v) is 5.45. The molecule has 0 atom stereocenters. The van der Waals surface area contributed by atoms with Crippen molar-refractivity contribution in [3.05, 3.63) is 58.1 Å². The van der Waals surface area contributed by atoms with Gasteiger partial charge in [-0.25, -0.2) is 0 Å². The number of aryl methyl sites for hydroxylation is 1. The maximum absolute atomic E-state index is 6.15. The van der Waals surface area contributed by atoms with Crippen molar-refractivity contribution in [2.75, 3.05) is 0 Å². The molecule has 0 radical (unpaired) electrons. The Kier molecular flexibility index (Phi) is 2.99. The molecule has 2 heteroatoms. The molecular weight excluding hydrogens is 227 g/mol. The summed E-state index contributed by atoms with van der Waals surface area (Å²) in [5, 5.41) is 1.40. The second kappa shape index (κ2) is 4.26. The van der Waals surface area contributed by atoms with Crippen LogP contribution in [0.5, 0.6) is 0 Å². The van der Waals surface area contributed by atoms with Crippen molar-refractivity contribution in [1.29, 1.82) is 0 Å². The molecule has 0 saturated heterocycles. The fraction of sp³-hybridized carbons (Fsp3) is 0.0769. The first kappa shape index (κ1) is 10.5. The fourth-order valence-corrected chi connectivity index (χ4v) is 1.99. The average Bonchev–Trinajstić information content (AvgIpc) is 2.25. The average molecular weight is 237 g/mol. The number of rotatable bonds is 1. The Hall–Kier alpha value is -0.980. The summed E-state index contributed by atoms with van der Waals surface area (Å²) >= 11 is 12.1. The van der Waals surface area contributed by atoms with Crippen LogP contribution in [0, 0.1) is 6.92 Å². The van der Waals surface area contributed by atoms with Crippen LogP contribution >= 0.6 is 23.2 Å². The van der Waals surface area contributed by atoms with Gasteiger partial charge in [0.05, 0.1) is 0 Å². The fourth-order valence-electron chi connectivity index (χ4n) is 1.50. The number of halogens is 2. The van der Waals surface area contributed by atoms with Crippen molar-refractivity contribution >= 4 is 23.2 Å². The standard InChI is InChI=1S/C13H10Cl2/c1-9-7-11(13(15)8-12(9)14)10-5-3-2-4-6-10/h2-8H,1H3. The number of hydrogen-bond acceptors (Lipinski definition) is 0. The normalized spacial score (nSPS) is 10.3. The number of hydrogen-bond donors (Lipinski definition) is 0. The Balaban J connectivity index is 2.59. The monoisotopic (exact) mass is 236 g/mol. The minimum atomic E-state index is 0.691. The second-order valence-electron chi connectivity index (χ2n) is 3.45. The zero-order valence-corrected chi connectivity index (χ0v) is 9.81. The first-order valence-electron chi connectivity index (χ1n) is 4.69. The van der Waals surface area contributed by atoms with Crippen LogP contribution < -0.4 is 0 Å². The summed E-state index contributed by atoms with van der Waals surface area (Å²) < 4.78 is 0. The third kappa shape index (κ3) is 2.17. The summed E-state index contributed by atoms with van der Waals surface area (Å²) in [6, 6.07) is 13.9. The van der Waals surface area contributed by atoms with Crippen LogP contribution in [0.4, 0.5) is 0 Å². The van der Waals surface area contributed by atoms with Crippen molar-refractivity contribution in [3.63, 3.8) is 0 Å². The molecule has 2 aromatic carbocycles. The molecule has 0 fully saturated rings. The van der Waals surface area contributed by atoms with Crippen molar-refractivity contribution in [1.82, 2.24) is 0 Å². The van der Waals surface area contributed by atoms with Gasteiger partial charge in [0.1, 0.15) is 0 Å². The minimum absolute atomic E-state index is 0.691. The lowest BCUT2D eigenvalue weighted by molar-refractivity contribution is 1.46. The summed E-state index contributed by atoms with van der Waals surface area (Å²) in [4.78, 5) is 0. The third-order valence-corrected chi connectivity index (χ3v) is 3.05. The second-order valence-corrected chi connectivity index (χ2v) is 4.26. The molecule has 2 rings (SSSR count). The van der Waals surface area contributed by atoms with Gasteiger partial charge in [-0.1, -0.05) is 53.5 Å². The molecule has 0 nitrogen and oxygen atoms in total. The van der Waals surface area contributed by atoms with E-state index < -0.39 is 0 Å². The van der Waals surface area contributed by atoms with E-state index in [0.29, 0.717) is 10.0 Å². The maximum atomic E-state index is 6.15. The lowest BCUT2D eigenvalue weighted by Gasteiger charge is -2.07. The predicted molar refractivity (Wildman–Crippen MR) is 66.6 cm³/mol. The van der Waals surface area contributed by atoms with Crippen LogP contribution in [0.2, 0.25) is 10.0 Å². The van der Waals surface area contributed by atoms with Crippen molar-refractivity contribution in [2.24, 2.45) is 0 Å². The van der Waals surface area contributed by atoms with Gasteiger partial charge in [0.15, 0.2) is 0 Å². The van der Waals surface area contributed by atoms with Gasteiger partial charge >= 0.3 is 0 Å². The Morgan fingerprint density at radius 3 is 2.20 bits per heavy atom. The molecule has 0 aliphatic rings. The highest BCUT2D eigenvalue weighted by atomic mass is 35.5. The van der Waals surface area contributed by atoms with Gasteiger partial charge in [-0.3, -0.25) is 0 Å². The molecule has 0 aliphatic heterocycles. The van der Waals surface area contributed by atoms with E-state index in [-0.39, 0.29) is 0 Å². The molecule has 0 aliphatic carbocycles. The van der Waals surface area contributed by atoms with Crippen molar-refractivity contribution in [2.45, 2.75) is 6.92 Å². The Morgan fingerprint density at radius 1 is 0.867 bits per heavy atom. The summed E-state index contributed by atoms with van der Waals surface area (Å²) in [7, 11) is 0. The van der Waals surface area contributed by atoms with Crippen LogP contribution in [0.15, 0.2) is 42.5 Å². The lowest BCUT2D eigenvalue weighted by Crippen LogP contribution is -1.82. The molecule has 0 N–H and O–H groups in total. The summed E-state index contributed by atoms with van der Waals surface area (Å²) in [5.74, 6) is 0. The predicted octanol–water partition coefficient (Wildman–Crippen LogP) is 4.97. The molecule has 76 valence electrons. The topological polar surface area (TPSA) is 0 Å². The molecule has 0 amide bonds. The van der Waals surface area contributed by atoms with Gasteiger partial charge in [0.2, 0.25) is 0 Å². The van der Waals surface area contributed by atoms with Crippen molar-refractivity contribution in [3.8, 4) is 11.1 Å². The summed E-state index contributed by atoms with van der Waals surface area (Å²) in [5.41, 5.74) is 3.18. The Labute approximate surface area is 99.5 Å². The van der Waals surface area contributed by atoms with Gasteiger partial charge in [-0.05, 0) is 30.2 Å². The highest BCUT2D eigenvalue weighted by Crippen LogP contribution is 2.32. The minimum Gasteiger partial charge on any atom is -0.0840 e. The van der Waals surface area contributed by atoms with E-state index in [0.717, 1.165) is 16.7 Å². The molecule has 0 heterocycles. The highest BCUT2D eigenvalue weighted by molar-refractivity contribution is 6.36. The smallest absolute Gasteiger partial charge is 0.0499 e.